The number of anilines is 1. The zero-order valence-corrected chi connectivity index (χ0v) is 12.6. The highest BCUT2D eigenvalue weighted by atomic mass is 79.9. The van der Waals surface area contributed by atoms with Crippen LogP contribution in [-0.4, -0.2) is 23.7 Å². The van der Waals surface area contributed by atoms with Gasteiger partial charge in [0.05, 0.1) is 11.3 Å². The molecule has 1 aliphatic rings. The van der Waals surface area contributed by atoms with Gasteiger partial charge in [0, 0.05) is 11.0 Å². The molecule has 0 aromatic heterocycles. The number of rotatable bonds is 4. The summed E-state index contributed by atoms with van der Waals surface area (Å²) in [5.74, 6) is -0.526. The summed E-state index contributed by atoms with van der Waals surface area (Å²) in [5, 5.41) is 14.5. The van der Waals surface area contributed by atoms with Crippen molar-refractivity contribution in [1.29, 1.82) is 0 Å². The molecule has 3 N–H and O–H groups in total. The number of hydrogen-bond acceptors (Lipinski definition) is 2. The molecule has 2 amide bonds. The number of carboxylic acid groups (broad SMARTS) is 1. The lowest BCUT2D eigenvalue weighted by molar-refractivity contribution is 0.0698. The van der Waals surface area contributed by atoms with E-state index in [2.05, 4.69) is 26.6 Å². The molecule has 1 aromatic carbocycles. The van der Waals surface area contributed by atoms with Gasteiger partial charge in [-0.25, -0.2) is 9.59 Å². The lowest BCUT2D eigenvalue weighted by Gasteiger charge is -2.13. The SMILES string of the molecule is O=C(NCC1CCCC1)Nc1ccc(Br)cc1C(=O)O. The van der Waals surface area contributed by atoms with Crippen LogP contribution >= 0.6 is 15.9 Å². The lowest BCUT2D eigenvalue weighted by Crippen LogP contribution is -2.32. The fraction of sp³-hybridized carbons (Fsp3) is 0.429. The van der Waals surface area contributed by atoms with Gasteiger partial charge in [-0.1, -0.05) is 28.8 Å². The number of hydrogen-bond donors (Lipinski definition) is 3. The summed E-state index contributed by atoms with van der Waals surface area (Å²) < 4.78 is 0.659. The second-order valence-corrected chi connectivity index (χ2v) is 5.90. The number of nitrogens with one attached hydrogen (secondary N) is 2. The van der Waals surface area contributed by atoms with E-state index in [1.54, 1.807) is 12.1 Å². The Labute approximate surface area is 125 Å². The Morgan fingerprint density at radius 2 is 2.00 bits per heavy atom. The first-order valence-corrected chi connectivity index (χ1v) is 7.43. The van der Waals surface area contributed by atoms with Crippen LogP contribution in [0.5, 0.6) is 0 Å². The molecular weight excluding hydrogens is 324 g/mol. The predicted molar refractivity (Wildman–Crippen MR) is 80.1 cm³/mol. The van der Waals surface area contributed by atoms with Gasteiger partial charge in [-0.15, -0.1) is 0 Å². The fourth-order valence-corrected chi connectivity index (χ4v) is 2.78. The van der Waals surface area contributed by atoms with Gasteiger partial charge < -0.3 is 15.7 Å². The zero-order chi connectivity index (χ0) is 14.5. The summed E-state index contributed by atoms with van der Waals surface area (Å²) in [6.45, 7) is 0.644. The van der Waals surface area contributed by atoms with Crippen LogP contribution in [0.3, 0.4) is 0 Å². The summed E-state index contributed by atoms with van der Waals surface area (Å²) in [6.07, 6.45) is 4.76. The molecule has 0 aliphatic heterocycles. The van der Waals surface area contributed by atoms with Gasteiger partial charge in [-0.3, -0.25) is 0 Å². The average molecular weight is 341 g/mol. The number of amides is 2. The van der Waals surface area contributed by atoms with E-state index in [9.17, 15) is 9.59 Å². The third-order valence-electron chi connectivity index (χ3n) is 3.49. The van der Waals surface area contributed by atoms with E-state index >= 15 is 0 Å². The van der Waals surface area contributed by atoms with Gasteiger partial charge >= 0.3 is 12.0 Å². The number of halogens is 1. The molecule has 6 heteroatoms. The van der Waals surface area contributed by atoms with Crippen molar-refractivity contribution in [3.63, 3.8) is 0 Å². The van der Waals surface area contributed by atoms with E-state index in [0.29, 0.717) is 22.6 Å². The Hall–Kier alpha value is -1.56. The van der Waals surface area contributed by atoms with Crippen molar-refractivity contribution < 1.29 is 14.7 Å². The zero-order valence-electron chi connectivity index (χ0n) is 11.0. The van der Waals surface area contributed by atoms with Crippen molar-refractivity contribution >= 4 is 33.6 Å². The van der Waals surface area contributed by atoms with Crippen molar-refractivity contribution in [2.75, 3.05) is 11.9 Å². The van der Waals surface area contributed by atoms with E-state index in [0.717, 1.165) is 12.8 Å². The largest absolute Gasteiger partial charge is 0.478 e. The van der Waals surface area contributed by atoms with Crippen LogP contribution < -0.4 is 10.6 Å². The maximum atomic E-state index is 11.8. The van der Waals surface area contributed by atoms with Gasteiger partial charge in [0.1, 0.15) is 0 Å². The molecule has 0 unspecified atom stereocenters. The Morgan fingerprint density at radius 3 is 2.65 bits per heavy atom. The van der Waals surface area contributed by atoms with Gasteiger partial charge in [0.15, 0.2) is 0 Å². The summed E-state index contributed by atoms with van der Waals surface area (Å²) in [5.41, 5.74) is 0.361. The molecule has 1 saturated carbocycles. The van der Waals surface area contributed by atoms with Crippen LogP contribution in [0.2, 0.25) is 0 Å². The minimum atomic E-state index is -1.07. The molecule has 0 saturated heterocycles. The van der Waals surface area contributed by atoms with Crippen LogP contribution in [0, 0.1) is 5.92 Å². The van der Waals surface area contributed by atoms with Crippen molar-refractivity contribution in [2.24, 2.45) is 5.92 Å². The topological polar surface area (TPSA) is 78.4 Å². The smallest absolute Gasteiger partial charge is 0.337 e. The second kappa shape index (κ2) is 6.74. The molecule has 1 fully saturated rings. The molecule has 0 bridgehead atoms. The quantitative estimate of drug-likeness (QED) is 0.785. The van der Waals surface area contributed by atoms with E-state index < -0.39 is 5.97 Å². The fourth-order valence-electron chi connectivity index (χ4n) is 2.42. The molecular formula is C14H17BrN2O3. The summed E-state index contributed by atoms with van der Waals surface area (Å²) in [6, 6.07) is 4.37. The molecule has 0 radical (unpaired) electrons. The molecule has 1 aliphatic carbocycles. The first-order valence-electron chi connectivity index (χ1n) is 6.64. The number of carboxylic acids is 1. The number of carbonyl (C=O) groups is 2. The van der Waals surface area contributed by atoms with Crippen LogP contribution in [0.1, 0.15) is 36.0 Å². The molecule has 20 heavy (non-hydrogen) atoms. The number of benzene rings is 1. The van der Waals surface area contributed by atoms with Crippen molar-refractivity contribution in [1.82, 2.24) is 5.32 Å². The molecule has 108 valence electrons. The van der Waals surface area contributed by atoms with E-state index in [1.165, 1.54) is 18.9 Å². The van der Waals surface area contributed by atoms with E-state index in [4.69, 9.17) is 5.11 Å². The van der Waals surface area contributed by atoms with Crippen LogP contribution in [0.4, 0.5) is 10.5 Å². The van der Waals surface area contributed by atoms with Crippen LogP contribution in [0.25, 0.3) is 0 Å². The monoisotopic (exact) mass is 340 g/mol. The normalized spacial score (nSPS) is 15.1. The third-order valence-corrected chi connectivity index (χ3v) is 3.98. The first-order chi connectivity index (χ1) is 9.56. The number of urea groups is 1. The van der Waals surface area contributed by atoms with E-state index in [-0.39, 0.29) is 11.6 Å². The summed E-state index contributed by atoms with van der Waals surface area (Å²) in [7, 11) is 0. The van der Waals surface area contributed by atoms with Crippen LogP contribution in [-0.2, 0) is 0 Å². The van der Waals surface area contributed by atoms with E-state index in [1.807, 2.05) is 0 Å². The second-order valence-electron chi connectivity index (χ2n) is 4.98. The van der Waals surface area contributed by atoms with Gasteiger partial charge in [0.25, 0.3) is 0 Å². The van der Waals surface area contributed by atoms with Gasteiger partial charge in [0.2, 0.25) is 0 Å². The average Bonchev–Trinajstić information content (AvgIpc) is 2.91. The molecule has 1 aromatic rings. The third kappa shape index (κ3) is 3.96. The van der Waals surface area contributed by atoms with Gasteiger partial charge in [-0.2, -0.15) is 0 Å². The molecule has 2 rings (SSSR count). The summed E-state index contributed by atoms with van der Waals surface area (Å²) in [4.78, 5) is 22.9. The maximum absolute atomic E-state index is 11.8. The van der Waals surface area contributed by atoms with Crippen LogP contribution in [0.15, 0.2) is 22.7 Å². The standard InChI is InChI=1S/C14H17BrN2O3/c15-10-5-6-12(11(7-10)13(18)19)17-14(20)16-8-9-3-1-2-4-9/h5-7,9H,1-4,8H2,(H,18,19)(H2,16,17,20). The highest BCUT2D eigenvalue weighted by Crippen LogP contribution is 2.24. The minimum absolute atomic E-state index is 0.0652. The van der Waals surface area contributed by atoms with Gasteiger partial charge in [-0.05, 0) is 37.0 Å². The Morgan fingerprint density at radius 1 is 1.30 bits per heavy atom. The summed E-state index contributed by atoms with van der Waals surface area (Å²) >= 11 is 3.21. The highest BCUT2D eigenvalue weighted by molar-refractivity contribution is 9.10. The number of carbonyl (C=O) groups excluding carboxylic acids is 1. The Kier molecular flexibility index (Phi) is 5.00. The molecule has 5 nitrogen and oxygen atoms in total. The maximum Gasteiger partial charge on any atom is 0.337 e. The van der Waals surface area contributed by atoms with Crippen molar-refractivity contribution in [3.8, 4) is 0 Å². The number of aromatic carboxylic acids is 1. The Bertz CT molecular complexity index is 513. The van der Waals surface area contributed by atoms with Crippen molar-refractivity contribution in [2.45, 2.75) is 25.7 Å². The molecule has 0 atom stereocenters. The Balaban J connectivity index is 1.94. The first kappa shape index (κ1) is 14.8. The lowest BCUT2D eigenvalue weighted by atomic mass is 10.1. The minimum Gasteiger partial charge on any atom is -0.478 e. The molecule has 0 heterocycles. The molecule has 0 spiro atoms. The van der Waals surface area contributed by atoms with Crippen molar-refractivity contribution in [3.05, 3.63) is 28.2 Å². The predicted octanol–water partition coefficient (Wildman–Crippen LogP) is 3.46. The highest BCUT2D eigenvalue weighted by Gasteiger charge is 2.17.